The maximum Gasteiger partial charge on any atom is 0.244 e. The number of aromatic amines is 1. The summed E-state index contributed by atoms with van der Waals surface area (Å²) in [4.78, 5) is 3.28. The summed E-state index contributed by atoms with van der Waals surface area (Å²) < 4.78 is 31.6. The lowest BCUT2D eigenvalue weighted by molar-refractivity contribution is 0.0102. The van der Waals surface area contributed by atoms with Crippen molar-refractivity contribution in [1.29, 1.82) is 0 Å². The van der Waals surface area contributed by atoms with Crippen LogP contribution >= 0.6 is 0 Å². The highest BCUT2D eigenvalue weighted by Gasteiger charge is 2.29. The zero-order chi connectivity index (χ0) is 13.2. The lowest BCUT2D eigenvalue weighted by Crippen LogP contribution is -2.44. The van der Waals surface area contributed by atoms with Gasteiger partial charge in [-0.25, -0.2) is 8.42 Å². The molecule has 0 aromatic carbocycles. The number of H-pyrrole nitrogens is 1. The summed E-state index contributed by atoms with van der Waals surface area (Å²) in [5, 5.41) is 2.98. The molecular weight excluding hydrogens is 254 g/mol. The van der Waals surface area contributed by atoms with Crippen molar-refractivity contribution >= 4 is 10.0 Å². The number of rotatable bonds is 4. The van der Waals surface area contributed by atoms with Gasteiger partial charge in [-0.15, -0.1) is 0 Å². The summed E-state index contributed by atoms with van der Waals surface area (Å²) in [5.74, 6) is 0. The maximum absolute atomic E-state index is 12.4. The van der Waals surface area contributed by atoms with Crippen LogP contribution in [-0.2, 0) is 21.3 Å². The van der Waals surface area contributed by atoms with Crippen molar-refractivity contribution in [2.45, 2.75) is 24.5 Å². The minimum absolute atomic E-state index is 0.0516. The van der Waals surface area contributed by atoms with Gasteiger partial charge in [-0.2, -0.15) is 4.31 Å². The summed E-state index contributed by atoms with van der Waals surface area (Å²) in [6, 6.07) is 1.67. The summed E-state index contributed by atoms with van der Waals surface area (Å²) in [6.07, 6.45) is 1.49. The van der Waals surface area contributed by atoms with Crippen molar-refractivity contribution in [2.75, 3.05) is 26.7 Å². The number of ether oxygens (including phenoxy) is 1. The van der Waals surface area contributed by atoms with Crippen molar-refractivity contribution in [3.63, 3.8) is 0 Å². The molecule has 2 N–H and O–H groups in total. The molecule has 0 amide bonds. The Morgan fingerprint density at radius 3 is 3.06 bits per heavy atom. The van der Waals surface area contributed by atoms with Gasteiger partial charge in [0.2, 0.25) is 10.0 Å². The highest BCUT2D eigenvalue weighted by atomic mass is 32.2. The van der Waals surface area contributed by atoms with Crippen LogP contribution in [0, 0.1) is 0 Å². The van der Waals surface area contributed by atoms with E-state index in [0.29, 0.717) is 31.1 Å². The molecule has 0 bridgehead atoms. The van der Waals surface area contributed by atoms with Crippen LogP contribution < -0.4 is 5.32 Å². The molecule has 1 unspecified atom stereocenters. The third-order valence-electron chi connectivity index (χ3n) is 2.93. The van der Waals surface area contributed by atoms with Gasteiger partial charge in [0.1, 0.15) is 0 Å². The average molecular weight is 273 g/mol. The van der Waals surface area contributed by atoms with E-state index in [2.05, 4.69) is 10.3 Å². The fourth-order valence-corrected chi connectivity index (χ4v) is 3.53. The molecule has 1 aliphatic rings. The van der Waals surface area contributed by atoms with Gasteiger partial charge in [-0.1, -0.05) is 0 Å². The molecule has 2 rings (SSSR count). The number of nitrogens with zero attached hydrogens (tertiary/aromatic N) is 1. The Hall–Kier alpha value is -0.890. The molecule has 18 heavy (non-hydrogen) atoms. The van der Waals surface area contributed by atoms with Gasteiger partial charge in [0.05, 0.1) is 17.6 Å². The largest absolute Gasteiger partial charge is 0.376 e. The Morgan fingerprint density at radius 2 is 2.39 bits per heavy atom. The van der Waals surface area contributed by atoms with E-state index in [1.165, 1.54) is 4.31 Å². The monoisotopic (exact) mass is 273 g/mol. The predicted octanol–water partition coefficient (Wildman–Crippen LogP) is 0.144. The molecule has 1 aliphatic heterocycles. The zero-order valence-electron chi connectivity index (χ0n) is 10.6. The third-order valence-corrected chi connectivity index (χ3v) is 4.77. The second-order valence-corrected chi connectivity index (χ2v) is 6.37. The van der Waals surface area contributed by atoms with Gasteiger partial charge in [0.15, 0.2) is 0 Å². The molecule has 6 nitrogen and oxygen atoms in total. The van der Waals surface area contributed by atoms with Gasteiger partial charge in [-0.3, -0.25) is 0 Å². The van der Waals surface area contributed by atoms with Crippen LogP contribution in [0.1, 0.15) is 12.6 Å². The van der Waals surface area contributed by atoms with Gasteiger partial charge in [0, 0.05) is 31.5 Å². The van der Waals surface area contributed by atoms with Crippen molar-refractivity contribution in [3.05, 3.63) is 18.0 Å². The summed E-state index contributed by atoms with van der Waals surface area (Å²) in [5.41, 5.74) is 0.859. The van der Waals surface area contributed by atoms with Crippen molar-refractivity contribution in [1.82, 2.24) is 14.6 Å². The molecule has 102 valence electrons. The number of nitrogens with one attached hydrogen (secondary N) is 2. The number of morpholine rings is 1. The van der Waals surface area contributed by atoms with Crippen LogP contribution in [0.25, 0.3) is 0 Å². The molecule has 0 spiro atoms. The average Bonchev–Trinajstić information content (AvgIpc) is 2.79. The topological polar surface area (TPSA) is 74.4 Å². The van der Waals surface area contributed by atoms with E-state index in [1.54, 1.807) is 12.3 Å². The molecule has 0 radical (unpaired) electrons. The number of hydrogen-bond donors (Lipinski definition) is 2. The molecule has 1 fully saturated rings. The fourth-order valence-electron chi connectivity index (χ4n) is 2.01. The Morgan fingerprint density at radius 1 is 1.61 bits per heavy atom. The summed E-state index contributed by atoms with van der Waals surface area (Å²) >= 11 is 0. The molecule has 0 aliphatic carbocycles. The van der Waals surface area contributed by atoms with Crippen molar-refractivity contribution in [3.8, 4) is 0 Å². The molecule has 0 saturated carbocycles. The number of sulfonamides is 1. The first kappa shape index (κ1) is 13.5. The van der Waals surface area contributed by atoms with Gasteiger partial charge in [0.25, 0.3) is 0 Å². The van der Waals surface area contributed by atoms with Gasteiger partial charge < -0.3 is 15.0 Å². The van der Waals surface area contributed by atoms with Gasteiger partial charge >= 0.3 is 0 Å². The first-order chi connectivity index (χ1) is 8.54. The molecule has 1 atom stereocenters. The Labute approximate surface area is 107 Å². The van der Waals surface area contributed by atoms with Crippen LogP contribution in [0.4, 0.5) is 0 Å². The smallest absolute Gasteiger partial charge is 0.244 e. The summed E-state index contributed by atoms with van der Waals surface area (Å²) in [6.45, 7) is 3.78. The molecular formula is C11H19N3O3S. The van der Waals surface area contributed by atoms with Crippen LogP contribution in [0.5, 0.6) is 0 Å². The zero-order valence-corrected chi connectivity index (χ0v) is 11.5. The molecule has 2 heterocycles. The van der Waals surface area contributed by atoms with E-state index >= 15 is 0 Å². The van der Waals surface area contributed by atoms with E-state index < -0.39 is 10.0 Å². The minimum Gasteiger partial charge on any atom is -0.376 e. The second kappa shape index (κ2) is 5.40. The molecule has 1 aromatic heterocycles. The Bertz CT molecular complexity index is 497. The molecule has 7 heteroatoms. The van der Waals surface area contributed by atoms with E-state index in [0.717, 1.165) is 5.69 Å². The van der Waals surface area contributed by atoms with E-state index in [9.17, 15) is 8.42 Å². The molecule has 1 aromatic rings. The lowest BCUT2D eigenvalue weighted by Gasteiger charge is -2.29. The molecule has 1 saturated heterocycles. The highest BCUT2D eigenvalue weighted by molar-refractivity contribution is 7.89. The second-order valence-electron chi connectivity index (χ2n) is 4.44. The van der Waals surface area contributed by atoms with E-state index in [1.807, 2.05) is 14.0 Å². The standard InChI is InChI=1S/C11H19N3O3S/c1-9-8-14(3-4-17-9)18(15,16)11-5-10(6-12-2)13-7-11/h5,7,9,12-13H,3-4,6,8H2,1-2H3. The maximum atomic E-state index is 12.4. The van der Waals surface area contributed by atoms with Crippen molar-refractivity contribution in [2.24, 2.45) is 0 Å². The Kier molecular flexibility index (Phi) is 4.06. The normalized spacial score (nSPS) is 22.2. The third kappa shape index (κ3) is 2.74. The lowest BCUT2D eigenvalue weighted by atomic mass is 10.3. The van der Waals surface area contributed by atoms with Crippen LogP contribution in [-0.4, -0.2) is 50.6 Å². The van der Waals surface area contributed by atoms with Crippen LogP contribution in [0.15, 0.2) is 17.2 Å². The summed E-state index contributed by atoms with van der Waals surface area (Å²) in [7, 11) is -1.58. The minimum atomic E-state index is -3.40. The first-order valence-electron chi connectivity index (χ1n) is 5.97. The quantitative estimate of drug-likeness (QED) is 0.818. The van der Waals surface area contributed by atoms with Crippen LogP contribution in [0.3, 0.4) is 0 Å². The SMILES string of the molecule is CNCc1cc(S(=O)(=O)N2CCOC(C)C2)c[nH]1. The van der Waals surface area contributed by atoms with Gasteiger partial charge in [-0.05, 0) is 20.0 Å². The first-order valence-corrected chi connectivity index (χ1v) is 7.41. The van der Waals surface area contributed by atoms with Crippen molar-refractivity contribution < 1.29 is 13.2 Å². The fraction of sp³-hybridized carbons (Fsp3) is 0.636. The van der Waals surface area contributed by atoms with E-state index in [-0.39, 0.29) is 6.10 Å². The van der Waals surface area contributed by atoms with Crippen LogP contribution in [0.2, 0.25) is 0 Å². The van der Waals surface area contributed by atoms with E-state index in [4.69, 9.17) is 4.74 Å². The highest BCUT2D eigenvalue weighted by Crippen LogP contribution is 2.19. The predicted molar refractivity (Wildman–Crippen MR) is 67.7 cm³/mol. The Balaban J connectivity index is 2.18. The number of hydrogen-bond acceptors (Lipinski definition) is 4. The number of aromatic nitrogens is 1.